The highest BCUT2D eigenvalue weighted by atomic mass is 16.5. The molecule has 2 aliphatic rings. The third kappa shape index (κ3) is 2.38. The van der Waals surface area contributed by atoms with Crippen LogP contribution in [0.25, 0.3) is 0 Å². The zero-order valence-electron chi connectivity index (χ0n) is 10.3. The summed E-state index contributed by atoms with van der Waals surface area (Å²) in [5.41, 5.74) is 0. The summed E-state index contributed by atoms with van der Waals surface area (Å²) in [6.07, 6.45) is 6.15. The molecule has 1 saturated heterocycles. The second-order valence-corrected chi connectivity index (χ2v) is 5.06. The molecule has 2 fully saturated rings. The van der Waals surface area contributed by atoms with Crippen molar-refractivity contribution in [2.75, 3.05) is 13.1 Å². The zero-order chi connectivity index (χ0) is 12.4. The smallest absolute Gasteiger partial charge is 0.245 e. The van der Waals surface area contributed by atoms with Gasteiger partial charge in [-0.25, -0.2) is 0 Å². The first-order valence-electron chi connectivity index (χ1n) is 6.66. The second kappa shape index (κ2) is 5.06. The minimum absolute atomic E-state index is 0.0123. The maximum Gasteiger partial charge on any atom is 0.245 e. The highest BCUT2D eigenvalue weighted by molar-refractivity contribution is 5.78. The minimum atomic E-state index is -0.0486. The van der Waals surface area contributed by atoms with Crippen LogP contribution in [0, 0.1) is 0 Å². The molecule has 0 radical (unpaired) electrons. The molecule has 0 aromatic carbocycles. The van der Waals surface area contributed by atoms with E-state index in [4.69, 9.17) is 4.52 Å². The lowest BCUT2D eigenvalue weighted by Gasteiger charge is -2.20. The standard InChI is InChI=1S/C12H18N4O2/c17-10-7-13-9(6-14-10)12-15-11(16-18-12)8-4-2-1-3-5-8/h8-9,13H,1-7H2,(H,14,17). The van der Waals surface area contributed by atoms with Gasteiger partial charge in [0.05, 0.1) is 6.54 Å². The van der Waals surface area contributed by atoms with Crippen LogP contribution in [0.5, 0.6) is 0 Å². The van der Waals surface area contributed by atoms with Crippen LogP contribution in [0.15, 0.2) is 4.52 Å². The van der Waals surface area contributed by atoms with Crippen molar-refractivity contribution in [2.24, 2.45) is 0 Å². The molecule has 0 bridgehead atoms. The van der Waals surface area contributed by atoms with E-state index in [0.717, 1.165) is 18.7 Å². The molecule has 1 aliphatic carbocycles. The molecule has 1 aliphatic heterocycles. The van der Waals surface area contributed by atoms with Gasteiger partial charge in [-0.1, -0.05) is 24.4 Å². The number of carbonyl (C=O) groups excluding carboxylic acids is 1. The average molecular weight is 250 g/mol. The fourth-order valence-electron chi connectivity index (χ4n) is 2.66. The highest BCUT2D eigenvalue weighted by Crippen LogP contribution is 2.31. The molecule has 6 nitrogen and oxygen atoms in total. The topological polar surface area (TPSA) is 80.1 Å². The largest absolute Gasteiger partial charge is 0.353 e. The Bertz CT molecular complexity index is 415. The number of nitrogens with zero attached hydrogens (tertiary/aromatic N) is 2. The summed E-state index contributed by atoms with van der Waals surface area (Å²) in [6, 6.07) is -0.0486. The third-order valence-electron chi connectivity index (χ3n) is 3.74. The van der Waals surface area contributed by atoms with Gasteiger partial charge in [-0.15, -0.1) is 0 Å². The van der Waals surface area contributed by atoms with Gasteiger partial charge < -0.3 is 9.84 Å². The maximum absolute atomic E-state index is 11.1. The van der Waals surface area contributed by atoms with Gasteiger partial charge in [-0.2, -0.15) is 4.98 Å². The molecule has 0 spiro atoms. The van der Waals surface area contributed by atoms with E-state index >= 15 is 0 Å². The molecule has 1 unspecified atom stereocenters. The molecule has 2 heterocycles. The number of amides is 1. The number of nitrogens with one attached hydrogen (secondary N) is 2. The van der Waals surface area contributed by atoms with Gasteiger partial charge in [0.2, 0.25) is 11.8 Å². The average Bonchev–Trinajstić information content (AvgIpc) is 2.90. The minimum Gasteiger partial charge on any atom is -0.353 e. The summed E-state index contributed by atoms with van der Waals surface area (Å²) in [4.78, 5) is 15.5. The van der Waals surface area contributed by atoms with E-state index < -0.39 is 0 Å². The second-order valence-electron chi connectivity index (χ2n) is 5.06. The van der Waals surface area contributed by atoms with Crippen LogP contribution in [0.1, 0.15) is 55.8 Å². The van der Waals surface area contributed by atoms with Crippen molar-refractivity contribution in [2.45, 2.75) is 44.1 Å². The molecule has 6 heteroatoms. The van der Waals surface area contributed by atoms with Gasteiger partial charge in [0.25, 0.3) is 0 Å². The van der Waals surface area contributed by atoms with E-state index in [1.165, 1.54) is 19.3 Å². The van der Waals surface area contributed by atoms with Crippen molar-refractivity contribution in [3.8, 4) is 0 Å². The number of piperazine rings is 1. The molecule has 3 rings (SSSR count). The highest BCUT2D eigenvalue weighted by Gasteiger charge is 2.26. The van der Waals surface area contributed by atoms with E-state index in [-0.39, 0.29) is 11.9 Å². The first kappa shape index (κ1) is 11.6. The van der Waals surface area contributed by atoms with Crippen LogP contribution >= 0.6 is 0 Å². The van der Waals surface area contributed by atoms with Crippen molar-refractivity contribution < 1.29 is 9.32 Å². The summed E-state index contributed by atoms with van der Waals surface area (Å²) in [5.74, 6) is 1.90. The van der Waals surface area contributed by atoms with Gasteiger partial charge >= 0.3 is 0 Å². The molecule has 98 valence electrons. The van der Waals surface area contributed by atoms with Crippen molar-refractivity contribution in [3.05, 3.63) is 11.7 Å². The Morgan fingerprint density at radius 2 is 2.06 bits per heavy atom. The van der Waals surface area contributed by atoms with E-state index in [0.29, 0.717) is 24.9 Å². The van der Waals surface area contributed by atoms with Crippen LogP contribution in [0.4, 0.5) is 0 Å². The van der Waals surface area contributed by atoms with Crippen LogP contribution in [0.2, 0.25) is 0 Å². The number of hydrogen-bond donors (Lipinski definition) is 2. The fraction of sp³-hybridized carbons (Fsp3) is 0.750. The quantitative estimate of drug-likeness (QED) is 0.814. The lowest BCUT2D eigenvalue weighted by Crippen LogP contribution is -2.47. The molecule has 1 atom stereocenters. The van der Waals surface area contributed by atoms with E-state index in [2.05, 4.69) is 20.8 Å². The number of aromatic nitrogens is 2. The van der Waals surface area contributed by atoms with Crippen LogP contribution < -0.4 is 10.6 Å². The summed E-state index contributed by atoms with van der Waals surface area (Å²) in [5, 5.41) is 9.98. The van der Waals surface area contributed by atoms with E-state index in [1.807, 2.05) is 0 Å². The zero-order valence-corrected chi connectivity index (χ0v) is 10.3. The van der Waals surface area contributed by atoms with Crippen molar-refractivity contribution >= 4 is 5.91 Å². The molecule has 18 heavy (non-hydrogen) atoms. The first-order chi connectivity index (χ1) is 8.83. The Hall–Kier alpha value is -1.43. The maximum atomic E-state index is 11.1. The Kier molecular flexibility index (Phi) is 3.27. The lowest BCUT2D eigenvalue weighted by atomic mass is 9.89. The summed E-state index contributed by atoms with van der Waals surface area (Å²) >= 11 is 0. The molecule has 1 aromatic rings. The monoisotopic (exact) mass is 250 g/mol. The molecular weight excluding hydrogens is 232 g/mol. The van der Waals surface area contributed by atoms with E-state index in [9.17, 15) is 4.79 Å². The fourth-order valence-corrected chi connectivity index (χ4v) is 2.66. The van der Waals surface area contributed by atoms with Gasteiger partial charge in [0.1, 0.15) is 6.04 Å². The molecule has 1 aromatic heterocycles. The molecule has 1 saturated carbocycles. The Morgan fingerprint density at radius 1 is 1.22 bits per heavy atom. The Morgan fingerprint density at radius 3 is 2.78 bits per heavy atom. The normalized spacial score (nSPS) is 26.0. The van der Waals surface area contributed by atoms with Gasteiger partial charge in [0.15, 0.2) is 5.82 Å². The number of carbonyl (C=O) groups is 1. The van der Waals surface area contributed by atoms with Crippen molar-refractivity contribution in [3.63, 3.8) is 0 Å². The van der Waals surface area contributed by atoms with Crippen molar-refractivity contribution in [1.82, 2.24) is 20.8 Å². The molecule has 2 N–H and O–H groups in total. The Balaban J connectivity index is 1.67. The SMILES string of the molecule is O=C1CNC(c2nc(C3CCCCC3)no2)CN1. The van der Waals surface area contributed by atoms with Crippen LogP contribution in [0.3, 0.4) is 0 Å². The van der Waals surface area contributed by atoms with E-state index in [1.54, 1.807) is 0 Å². The van der Waals surface area contributed by atoms with Crippen LogP contribution in [-0.4, -0.2) is 29.1 Å². The van der Waals surface area contributed by atoms with Gasteiger partial charge in [0, 0.05) is 12.5 Å². The summed E-state index contributed by atoms with van der Waals surface area (Å²) in [7, 11) is 0. The predicted octanol–water partition coefficient (Wildman–Crippen LogP) is 0.878. The Labute approximate surface area is 106 Å². The first-order valence-corrected chi connectivity index (χ1v) is 6.66. The third-order valence-corrected chi connectivity index (χ3v) is 3.74. The molecular formula is C12H18N4O2. The lowest BCUT2D eigenvalue weighted by molar-refractivity contribution is -0.121. The predicted molar refractivity (Wildman–Crippen MR) is 63.9 cm³/mol. The summed E-state index contributed by atoms with van der Waals surface area (Å²) in [6.45, 7) is 0.830. The number of rotatable bonds is 2. The van der Waals surface area contributed by atoms with Gasteiger partial charge in [-0.3, -0.25) is 10.1 Å². The van der Waals surface area contributed by atoms with Crippen molar-refractivity contribution in [1.29, 1.82) is 0 Å². The molecule has 1 amide bonds. The van der Waals surface area contributed by atoms with Crippen LogP contribution in [-0.2, 0) is 4.79 Å². The summed E-state index contributed by atoms with van der Waals surface area (Å²) < 4.78 is 5.32. The van der Waals surface area contributed by atoms with Gasteiger partial charge in [-0.05, 0) is 12.8 Å². The number of hydrogen-bond acceptors (Lipinski definition) is 5.